The number of likely N-dealkylation sites (N-methyl/N-ethyl adjacent to an activating group) is 1. The number of halogens is 1. The van der Waals surface area contributed by atoms with Crippen molar-refractivity contribution in [1.82, 2.24) is 9.80 Å². The van der Waals surface area contributed by atoms with Crippen molar-refractivity contribution in [2.45, 2.75) is 18.6 Å². The van der Waals surface area contributed by atoms with Crippen LogP contribution in [0, 0.1) is 5.82 Å². The summed E-state index contributed by atoms with van der Waals surface area (Å²) >= 11 is 0. The van der Waals surface area contributed by atoms with Crippen molar-refractivity contribution < 1.29 is 18.7 Å². The molecule has 0 unspecified atom stereocenters. The summed E-state index contributed by atoms with van der Waals surface area (Å²) in [6, 6.07) is 4.95. The van der Waals surface area contributed by atoms with E-state index in [2.05, 4.69) is 4.90 Å². The SMILES string of the molecule is COc1cc(CN2CC[C@@]3(C2)CN(C)C(=O)CO3)ccc1F. The summed E-state index contributed by atoms with van der Waals surface area (Å²) in [5.74, 6) is -0.0436. The Labute approximate surface area is 129 Å². The molecular weight excluding hydrogens is 287 g/mol. The average Bonchev–Trinajstić information content (AvgIpc) is 2.88. The molecule has 5 nitrogen and oxygen atoms in total. The predicted molar refractivity (Wildman–Crippen MR) is 79.2 cm³/mol. The van der Waals surface area contributed by atoms with E-state index in [1.54, 1.807) is 17.0 Å². The second-order valence-electron chi connectivity index (χ2n) is 6.15. The van der Waals surface area contributed by atoms with E-state index in [1.807, 2.05) is 7.05 Å². The highest BCUT2D eigenvalue weighted by atomic mass is 19.1. The fourth-order valence-electron chi connectivity index (χ4n) is 3.26. The molecule has 2 fully saturated rings. The Kier molecular flexibility index (Phi) is 4.06. The van der Waals surface area contributed by atoms with E-state index in [1.165, 1.54) is 13.2 Å². The second-order valence-corrected chi connectivity index (χ2v) is 6.15. The number of hydrogen-bond acceptors (Lipinski definition) is 4. The molecule has 0 aromatic heterocycles. The summed E-state index contributed by atoms with van der Waals surface area (Å²) < 4.78 is 24.3. The van der Waals surface area contributed by atoms with E-state index in [9.17, 15) is 9.18 Å². The number of nitrogens with zero attached hydrogens (tertiary/aromatic N) is 2. The minimum atomic E-state index is -0.347. The molecule has 1 spiro atoms. The number of rotatable bonds is 3. The molecule has 2 aliphatic rings. The monoisotopic (exact) mass is 308 g/mol. The topological polar surface area (TPSA) is 42.0 Å². The summed E-state index contributed by atoms with van der Waals surface area (Å²) in [5.41, 5.74) is 0.753. The van der Waals surface area contributed by atoms with Gasteiger partial charge in [0.25, 0.3) is 0 Å². The van der Waals surface area contributed by atoms with E-state index < -0.39 is 0 Å². The van der Waals surface area contributed by atoms with Gasteiger partial charge in [0.2, 0.25) is 5.91 Å². The minimum absolute atomic E-state index is 0.0346. The first-order valence-corrected chi connectivity index (χ1v) is 7.44. The van der Waals surface area contributed by atoms with Gasteiger partial charge in [0, 0.05) is 26.7 Å². The lowest BCUT2D eigenvalue weighted by Crippen LogP contribution is -2.54. The molecule has 6 heteroatoms. The number of amides is 1. The number of morpholine rings is 1. The van der Waals surface area contributed by atoms with Crippen LogP contribution in [0.15, 0.2) is 18.2 Å². The molecule has 1 atom stereocenters. The molecule has 2 heterocycles. The lowest BCUT2D eigenvalue weighted by atomic mass is 10.0. The molecule has 22 heavy (non-hydrogen) atoms. The molecule has 120 valence electrons. The van der Waals surface area contributed by atoms with E-state index in [4.69, 9.17) is 9.47 Å². The Hall–Kier alpha value is -1.66. The Morgan fingerprint density at radius 2 is 2.23 bits per heavy atom. The summed E-state index contributed by atoms with van der Waals surface area (Å²) in [7, 11) is 3.29. The zero-order chi connectivity index (χ0) is 15.7. The van der Waals surface area contributed by atoms with Crippen molar-refractivity contribution in [3.05, 3.63) is 29.6 Å². The Bertz CT molecular complexity index is 581. The van der Waals surface area contributed by atoms with Gasteiger partial charge in [-0.25, -0.2) is 4.39 Å². The third-order valence-corrected chi connectivity index (χ3v) is 4.47. The number of benzene rings is 1. The van der Waals surface area contributed by atoms with E-state index in [0.717, 1.165) is 31.6 Å². The summed E-state index contributed by atoms with van der Waals surface area (Å²) in [6.07, 6.45) is 0.906. The maximum Gasteiger partial charge on any atom is 0.248 e. The maximum absolute atomic E-state index is 13.5. The minimum Gasteiger partial charge on any atom is -0.494 e. The van der Waals surface area contributed by atoms with Crippen molar-refractivity contribution in [3.63, 3.8) is 0 Å². The fraction of sp³-hybridized carbons (Fsp3) is 0.562. The van der Waals surface area contributed by atoms with Gasteiger partial charge in [0.05, 0.1) is 13.7 Å². The Morgan fingerprint density at radius 3 is 2.95 bits per heavy atom. The standard InChI is InChI=1S/C16H21FN2O3/c1-18-10-16(22-9-15(18)20)5-6-19(11-16)8-12-3-4-13(17)14(7-12)21-2/h3-4,7H,5-6,8-11H2,1-2H3/t16-/m0/s1. The molecule has 1 aromatic rings. The van der Waals surface area contributed by atoms with Crippen LogP contribution in [0.1, 0.15) is 12.0 Å². The van der Waals surface area contributed by atoms with E-state index >= 15 is 0 Å². The van der Waals surface area contributed by atoms with Crippen LogP contribution in [-0.4, -0.2) is 61.7 Å². The van der Waals surface area contributed by atoms with E-state index in [0.29, 0.717) is 6.54 Å². The number of methoxy groups -OCH3 is 1. The summed E-state index contributed by atoms with van der Waals surface area (Å²) in [4.78, 5) is 15.6. The molecule has 2 saturated heterocycles. The van der Waals surface area contributed by atoms with Crippen molar-refractivity contribution in [1.29, 1.82) is 0 Å². The Balaban J connectivity index is 1.65. The molecule has 0 radical (unpaired) electrons. The number of carbonyl (C=O) groups excluding carboxylic acids is 1. The molecule has 1 amide bonds. The van der Waals surface area contributed by atoms with Gasteiger partial charge in [-0.05, 0) is 24.1 Å². The van der Waals surface area contributed by atoms with Crippen molar-refractivity contribution >= 4 is 5.91 Å². The molecule has 1 aromatic carbocycles. The quantitative estimate of drug-likeness (QED) is 0.843. The molecular formula is C16H21FN2O3. The largest absolute Gasteiger partial charge is 0.494 e. The second kappa shape index (κ2) is 5.85. The van der Waals surface area contributed by atoms with Crippen LogP contribution >= 0.6 is 0 Å². The first kappa shape index (κ1) is 15.2. The summed E-state index contributed by atoms with van der Waals surface area (Å²) in [6.45, 7) is 3.20. The van der Waals surface area contributed by atoms with Crippen LogP contribution in [0.25, 0.3) is 0 Å². The number of carbonyl (C=O) groups is 1. The van der Waals surface area contributed by atoms with Gasteiger partial charge in [-0.2, -0.15) is 0 Å². The number of hydrogen-bond donors (Lipinski definition) is 0. The number of ether oxygens (including phenoxy) is 2. The van der Waals surface area contributed by atoms with Crippen LogP contribution < -0.4 is 4.74 Å². The van der Waals surface area contributed by atoms with Gasteiger partial charge in [0.1, 0.15) is 12.2 Å². The highest BCUT2D eigenvalue weighted by Crippen LogP contribution is 2.30. The third-order valence-electron chi connectivity index (χ3n) is 4.47. The van der Waals surface area contributed by atoms with Crippen molar-refractivity contribution in [2.75, 3.05) is 40.4 Å². The van der Waals surface area contributed by atoms with Crippen LogP contribution in [0.4, 0.5) is 4.39 Å². The van der Waals surface area contributed by atoms with Gasteiger partial charge < -0.3 is 14.4 Å². The summed E-state index contributed by atoms with van der Waals surface area (Å²) in [5, 5.41) is 0. The zero-order valence-corrected chi connectivity index (χ0v) is 13.0. The normalized spacial score (nSPS) is 26.0. The first-order valence-electron chi connectivity index (χ1n) is 7.44. The van der Waals surface area contributed by atoms with Gasteiger partial charge in [-0.3, -0.25) is 9.69 Å². The molecule has 0 aliphatic carbocycles. The first-order chi connectivity index (χ1) is 10.5. The predicted octanol–water partition coefficient (Wildman–Crippen LogP) is 1.27. The molecule has 2 aliphatic heterocycles. The maximum atomic E-state index is 13.5. The van der Waals surface area contributed by atoms with Gasteiger partial charge >= 0.3 is 0 Å². The lowest BCUT2D eigenvalue weighted by molar-refractivity contribution is -0.159. The Morgan fingerprint density at radius 1 is 1.41 bits per heavy atom. The zero-order valence-electron chi connectivity index (χ0n) is 13.0. The highest BCUT2D eigenvalue weighted by molar-refractivity contribution is 5.78. The van der Waals surface area contributed by atoms with Gasteiger partial charge in [0.15, 0.2) is 11.6 Å². The van der Waals surface area contributed by atoms with Gasteiger partial charge in [-0.1, -0.05) is 6.07 Å². The van der Waals surface area contributed by atoms with Gasteiger partial charge in [-0.15, -0.1) is 0 Å². The van der Waals surface area contributed by atoms with Crippen LogP contribution in [0.2, 0.25) is 0 Å². The molecule has 0 N–H and O–H groups in total. The molecule has 3 rings (SSSR count). The van der Waals surface area contributed by atoms with Crippen LogP contribution in [0.5, 0.6) is 5.75 Å². The smallest absolute Gasteiger partial charge is 0.248 e. The highest BCUT2D eigenvalue weighted by Gasteiger charge is 2.43. The van der Waals surface area contributed by atoms with Crippen molar-refractivity contribution in [2.24, 2.45) is 0 Å². The van der Waals surface area contributed by atoms with Crippen LogP contribution in [-0.2, 0) is 16.1 Å². The number of likely N-dealkylation sites (tertiary alicyclic amines) is 1. The van der Waals surface area contributed by atoms with E-state index in [-0.39, 0.29) is 29.7 Å². The molecule has 0 bridgehead atoms. The lowest BCUT2D eigenvalue weighted by Gasteiger charge is -2.38. The fourth-order valence-corrected chi connectivity index (χ4v) is 3.26. The van der Waals surface area contributed by atoms with Crippen molar-refractivity contribution in [3.8, 4) is 5.75 Å². The average molecular weight is 308 g/mol. The molecule has 0 saturated carbocycles. The van der Waals surface area contributed by atoms with Crippen LogP contribution in [0.3, 0.4) is 0 Å². The third kappa shape index (κ3) is 2.94.